The molecule has 0 aromatic carbocycles. The zero-order chi connectivity index (χ0) is 8.97. The molecule has 0 unspecified atom stereocenters. The summed E-state index contributed by atoms with van der Waals surface area (Å²) in [5.74, 6) is 1.26. The number of hydrogen-bond acceptors (Lipinski definition) is 3. The van der Waals surface area contributed by atoms with Crippen molar-refractivity contribution in [3.63, 3.8) is 0 Å². The van der Waals surface area contributed by atoms with Gasteiger partial charge in [0.2, 0.25) is 5.88 Å². The molecular formula is C8H11ClN2O. The van der Waals surface area contributed by atoms with Gasteiger partial charge in [-0.15, -0.1) is 0 Å². The zero-order valence-electron chi connectivity index (χ0n) is 7.17. The lowest BCUT2D eigenvalue weighted by molar-refractivity contribution is 0.394. The van der Waals surface area contributed by atoms with E-state index in [9.17, 15) is 0 Å². The summed E-state index contributed by atoms with van der Waals surface area (Å²) in [5, 5.41) is 0.435. The van der Waals surface area contributed by atoms with E-state index in [1.54, 1.807) is 13.2 Å². The van der Waals surface area contributed by atoms with Crippen molar-refractivity contribution in [3.8, 4) is 5.88 Å². The Hall–Kier alpha value is -0.830. The zero-order valence-corrected chi connectivity index (χ0v) is 7.93. The smallest absolute Gasteiger partial charge is 0.217 e. The molecule has 66 valence electrons. The minimum Gasteiger partial charge on any atom is -0.481 e. The maximum atomic E-state index is 5.73. The summed E-state index contributed by atoms with van der Waals surface area (Å²) in [5.41, 5.74) is 0. The monoisotopic (exact) mass is 186 g/mol. The van der Waals surface area contributed by atoms with Crippen molar-refractivity contribution in [1.82, 2.24) is 9.97 Å². The van der Waals surface area contributed by atoms with Crippen LogP contribution in [-0.4, -0.2) is 17.1 Å². The van der Waals surface area contributed by atoms with Gasteiger partial charge in [-0.25, -0.2) is 4.98 Å². The number of halogens is 1. The van der Waals surface area contributed by atoms with Gasteiger partial charge in [0, 0.05) is 12.5 Å². The molecule has 0 atom stereocenters. The second-order valence-electron chi connectivity index (χ2n) is 2.40. The fourth-order valence-electron chi connectivity index (χ4n) is 0.882. The number of hydrogen-bond donors (Lipinski definition) is 0. The van der Waals surface area contributed by atoms with Crippen LogP contribution in [0.2, 0.25) is 5.15 Å². The minimum atomic E-state index is 0.435. The average molecular weight is 187 g/mol. The Balaban J connectivity index is 2.90. The van der Waals surface area contributed by atoms with Crippen molar-refractivity contribution in [2.24, 2.45) is 0 Å². The van der Waals surface area contributed by atoms with Gasteiger partial charge in [-0.05, 0) is 6.42 Å². The summed E-state index contributed by atoms with van der Waals surface area (Å²) >= 11 is 5.73. The molecule has 0 N–H and O–H groups in total. The van der Waals surface area contributed by atoms with Gasteiger partial charge in [-0.3, -0.25) is 0 Å². The van der Waals surface area contributed by atoms with E-state index in [0.717, 1.165) is 18.7 Å². The predicted molar refractivity (Wildman–Crippen MR) is 47.6 cm³/mol. The number of ether oxygens (including phenoxy) is 1. The summed E-state index contributed by atoms with van der Waals surface area (Å²) in [6.45, 7) is 2.07. The van der Waals surface area contributed by atoms with E-state index in [4.69, 9.17) is 16.3 Å². The van der Waals surface area contributed by atoms with E-state index in [1.165, 1.54) is 0 Å². The molecule has 0 aliphatic rings. The van der Waals surface area contributed by atoms with Gasteiger partial charge in [0.15, 0.2) is 0 Å². The third kappa shape index (κ3) is 2.34. The minimum absolute atomic E-state index is 0.435. The van der Waals surface area contributed by atoms with Crippen molar-refractivity contribution in [3.05, 3.63) is 17.0 Å². The Morgan fingerprint density at radius 1 is 1.50 bits per heavy atom. The molecule has 1 rings (SSSR count). The van der Waals surface area contributed by atoms with E-state index < -0.39 is 0 Å². The third-order valence-corrected chi connectivity index (χ3v) is 1.59. The molecule has 1 aromatic heterocycles. The molecule has 0 amide bonds. The highest BCUT2D eigenvalue weighted by Crippen LogP contribution is 2.13. The van der Waals surface area contributed by atoms with Gasteiger partial charge in [0.1, 0.15) is 11.0 Å². The van der Waals surface area contributed by atoms with Crippen LogP contribution in [0.1, 0.15) is 19.2 Å². The van der Waals surface area contributed by atoms with E-state index in [-0.39, 0.29) is 0 Å². The molecule has 0 aliphatic heterocycles. The molecule has 1 aromatic rings. The van der Waals surface area contributed by atoms with Crippen molar-refractivity contribution in [1.29, 1.82) is 0 Å². The van der Waals surface area contributed by atoms with Gasteiger partial charge < -0.3 is 4.74 Å². The molecule has 0 fully saturated rings. The number of nitrogens with zero attached hydrogens (tertiary/aromatic N) is 2. The Morgan fingerprint density at radius 2 is 2.25 bits per heavy atom. The van der Waals surface area contributed by atoms with Crippen LogP contribution in [0.3, 0.4) is 0 Å². The van der Waals surface area contributed by atoms with Crippen molar-refractivity contribution in [2.45, 2.75) is 19.8 Å². The Morgan fingerprint density at radius 3 is 2.83 bits per heavy atom. The predicted octanol–water partition coefficient (Wildman–Crippen LogP) is 2.09. The van der Waals surface area contributed by atoms with Crippen molar-refractivity contribution >= 4 is 11.6 Å². The largest absolute Gasteiger partial charge is 0.481 e. The van der Waals surface area contributed by atoms with E-state index in [2.05, 4.69) is 16.9 Å². The highest BCUT2D eigenvalue weighted by atomic mass is 35.5. The van der Waals surface area contributed by atoms with Crippen LogP contribution in [0, 0.1) is 0 Å². The molecule has 0 saturated carbocycles. The summed E-state index contributed by atoms with van der Waals surface area (Å²) < 4.78 is 4.95. The first-order valence-corrected chi connectivity index (χ1v) is 4.21. The number of aromatic nitrogens is 2. The van der Waals surface area contributed by atoms with E-state index in [1.807, 2.05) is 0 Å². The molecule has 0 bridgehead atoms. The topological polar surface area (TPSA) is 35.0 Å². The Kier molecular flexibility index (Phi) is 3.29. The van der Waals surface area contributed by atoms with Gasteiger partial charge in [0.25, 0.3) is 0 Å². The fourth-order valence-corrected chi connectivity index (χ4v) is 1.07. The number of methoxy groups -OCH3 is 1. The molecular weight excluding hydrogens is 176 g/mol. The second-order valence-corrected chi connectivity index (χ2v) is 2.79. The first-order valence-electron chi connectivity index (χ1n) is 3.83. The summed E-state index contributed by atoms with van der Waals surface area (Å²) in [6, 6.07) is 1.60. The maximum absolute atomic E-state index is 5.73. The van der Waals surface area contributed by atoms with Gasteiger partial charge in [-0.1, -0.05) is 18.5 Å². The highest BCUT2D eigenvalue weighted by Gasteiger charge is 2.01. The normalized spacial score (nSPS) is 9.92. The molecule has 0 radical (unpaired) electrons. The molecule has 0 spiro atoms. The summed E-state index contributed by atoms with van der Waals surface area (Å²) in [4.78, 5) is 8.17. The van der Waals surface area contributed by atoms with Crippen LogP contribution < -0.4 is 4.74 Å². The molecule has 4 heteroatoms. The molecule has 0 aliphatic carbocycles. The molecule has 3 nitrogen and oxygen atoms in total. The molecule has 12 heavy (non-hydrogen) atoms. The lowest BCUT2D eigenvalue weighted by Gasteiger charge is -2.01. The lowest BCUT2D eigenvalue weighted by atomic mass is 10.3. The standard InChI is InChI=1S/C8H11ClN2O/c1-3-4-7-10-6(9)5-8(11-7)12-2/h5H,3-4H2,1-2H3. The molecule has 1 heterocycles. The van der Waals surface area contributed by atoms with Crippen LogP contribution in [0.15, 0.2) is 6.07 Å². The quantitative estimate of drug-likeness (QED) is 0.679. The van der Waals surface area contributed by atoms with Crippen molar-refractivity contribution < 1.29 is 4.74 Å². The third-order valence-electron chi connectivity index (χ3n) is 1.40. The lowest BCUT2D eigenvalue weighted by Crippen LogP contribution is -1.97. The highest BCUT2D eigenvalue weighted by molar-refractivity contribution is 6.29. The van der Waals surface area contributed by atoms with Gasteiger partial charge in [0.05, 0.1) is 7.11 Å². The summed E-state index contributed by atoms with van der Waals surface area (Å²) in [6.07, 6.45) is 1.83. The van der Waals surface area contributed by atoms with Crippen LogP contribution in [0.5, 0.6) is 5.88 Å². The Bertz CT molecular complexity index is 265. The van der Waals surface area contributed by atoms with Gasteiger partial charge in [-0.2, -0.15) is 4.98 Å². The average Bonchev–Trinajstić information content (AvgIpc) is 2.04. The first-order chi connectivity index (χ1) is 5.76. The van der Waals surface area contributed by atoms with E-state index in [0.29, 0.717) is 11.0 Å². The van der Waals surface area contributed by atoms with Crippen LogP contribution in [-0.2, 0) is 6.42 Å². The number of aryl methyl sites for hydroxylation is 1. The van der Waals surface area contributed by atoms with Crippen LogP contribution in [0.25, 0.3) is 0 Å². The van der Waals surface area contributed by atoms with Crippen molar-refractivity contribution in [2.75, 3.05) is 7.11 Å². The van der Waals surface area contributed by atoms with Gasteiger partial charge >= 0.3 is 0 Å². The number of rotatable bonds is 3. The summed E-state index contributed by atoms with van der Waals surface area (Å²) in [7, 11) is 1.56. The van der Waals surface area contributed by atoms with Crippen LogP contribution >= 0.6 is 11.6 Å². The fraction of sp³-hybridized carbons (Fsp3) is 0.500. The SMILES string of the molecule is CCCc1nc(Cl)cc(OC)n1. The second kappa shape index (κ2) is 4.26. The maximum Gasteiger partial charge on any atom is 0.217 e. The van der Waals surface area contributed by atoms with E-state index >= 15 is 0 Å². The Labute approximate surface area is 76.7 Å². The molecule has 0 saturated heterocycles. The first kappa shape index (κ1) is 9.26. The van der Waals surface area contributed by atoms with Crippen LogP contribution in [0.4, 0.5) is 0 Å².